The molecule has 6 unspecified atom stereocenters. The van der Waals surface area contributed by atoms with Crippen LogP contribution in [0.25, 0.3) is 10.8 Å². The van der Waals surface area contributed by atoms with Crippen LogP contribution in [0.1, 0.15) is 51.6 Å². The highest BCUT2D eigenvalue weighted by Gasteiger charge is 2.92. The highest BCUT2D eigenvalue weighted by molar-refractivity contribution is 6.10. The second-order valence-corrected chi connectivity index (χ2v) is 10.2. The zero-order valence-electron chi connectivity index (χ0n) is 20.3. The molecule has 3 N–H and O–H groups in total. The van der Waals surface area contributed by atoms with Gasteiger partial charge in [-0.2, -0.15) is 0 Å². The summed E-state index contributed by atoms with van der Waals surface area (Å²) in [5.74, 6) is -2.89. The van der Waals surface area contributed by atoms with Gasteiger partial charge in [0.25, 0.3) is 5.79 Å². The van der Waals surface area contributed by atoms with E-state index in [1.54, 1.807) is 0 Å². The van der Waals surface area contributed by atoms with Gasteiger partial charge in [-0.3, -0.25) is 4.79 Å². The predicted octanol–water partition coefficient (Wildman–Crippen LogP) is 1.19. The fraction of sp³-hybridized carbons (Fsp3) is 0.577. The van der Waals surface area contributed by atoms with Gasteiger partial charge < -0.3 is 43.7 Å². The van der Waals surface area contributed by atoms with Gasteiger partial charge >= 0.3 is 0 Å². The van der Waals surface area contributed by atoms with E-state index in [4.69, 9.17) is 28.4 Å². The average Bonchev–Trinajstić information content (AvgIpc) is 3.54. The summed E-state index contributed by atoms with van der Waals surface area (Å²) in [6.45, 7) is 1.31. The molecule has 3 saturated heterocycles. The van der Waals surface area contributed by atoms with Crippen LogP contribution in [0.5, 0.6) is 11.5 Å². The number of hydrogen-bond acceptors (Lipinski definition) is 10. The Morgan fingerprint density at radius 1 is 1.22 bits per heavy atom. The van der Waals surface area contributed by atoms with E-state index in [9.17, 15) is 20.1 Å². The molecule has 5 aliphatic rings. The van der Waals surface area contributed by atoms with Crippen molar-refractivity contribution in [2.75, 3.05) is 27.4 Å². The summed E-state index contributed by atoms with van der Waals surface area (Å²) in [6.07, 6.45) is -0.862. The van der Waals surface area contributed by atoms with E-state index in [-0.39, 0.29) is 19.0 Å². The second-order valence-electron chi connectivity index (χ2n) is 10.2. The zero-order valence-corrected chi connectivity index (χ0v) is 20.3. The fourth-order valence-corrected chi connectivity index (χ4v) is 7.04. The molecule has 10 nitrogen and oxygen atoms in total. The topological polar surface area (TPSA) is 136 Å². The van der Waals surface area contributed by atoms with Crippen LogP contribution in [-0.4, -0.2) is 77.9 Å². The molecule has 192 valence electrons. The number of methoxy groups -OCH3 is 2. The maximum absolute atomic E-state index is 13.1. The summed E-state index contributed by atoms with van der Waals surface area (Å²) >= 11 is 0. The third kappa shape index (κ3) is 2.31. The molecule has 0 amide bonds. The summed E-state index contributed by atoms with van der Waals surface area (Å²) in [4.78, 5) is 13.1. The minimum Gasteiger partial charge on any atom is -0.495 e. The number of aliphatic hydroxyl groups is 3. The number of fused-ring (bicyclic) bond motifs is 8. The molecule has 1 spiro atoms. The van der Waals surface area contributed by atoms with Crippen molar-refractivity contribution in [3.05, 3.63) is 33.9 Å². The number of aliphatic hydroxyl groups excluding tert-OH is 2. The number of aryl methyl sites for hydroxylation is 1. The van der Waals surface area contributed by atoms with Crippen molar-refractivity contribution in [3.8, 4) is 11.5 Å². The lowest BCUT2D eigenvalue weighted by Crippen LogP contribution is -2.69. The van der Waals surface area contributed by atoms with Crippen LogP contribution in [0.4, 0.5) is 0 Å². The first-order valence-electron chi connectivity index (χ1n) is 12.2. The molecule has 6 atom stereocenters. The minimum atomic E-state index is -1.94. The van der Waals surface area contributed by atoms with Crippen LogP contribution < -0.4 is 9.47 Å². The van der Waals surface area contributed by atoms with Crippen molar-refractivity contribution in [1.29, 1.82) is 0 Å². The summed E-state index contributed by atoms with van der Waals surface area (Å²) < 4.78 is 36.3. The number of carbonyl (C=O) groups is 1. The molecule has 36 heavy (non-hydrogen) atoms. The Labute approximate surface area is 206 Å². The van der Waals surface area contributed by atoms with E-state index < -0.39 is 42.1 Å². The SMILES string of the molecule is COc1c2c(c(CO)c3cc(C)c4c(c13)OC1(O)C3OC(C(CO)OC)(OC43)C13CO3)CCCC2=O. The van der Waals surface area contributed by atoms with E-state index in [2.05, 4.69) is 0 Å². The van der Waals surface area contributed by atoms with Crippen LogP contribution in [0.2, 0.25) is 0 Å². The maximum Gasteiger partial charge on any atom is 0.274 e. The maximum atomic E-state index is 13.1. The number of ketones is 1. The van der Waals surface area contributed by atoms with Crippen LogP contribution in [0.3, 0.4) is 0 Å². The van der Waals surface area contributed by atoms with E-state index in [1.807, 2.05) is 13.0 Å². The van der Waals surface area contributed by atoms with E-state index in [0.29, 0.717) is 58.2 Å². The molecule has 4 heterocycles. The van der Waals surface area contributed by atoms with Gasteiger partial charge in [-0.15, -0.1) is 0 Å². The van der Waals surface area contributed by atoms with E-state index in [0.717, 1.165) is 11.1 Å². The van der Waals surface area contributed by atoms with Crippen LogP contribution in [-0.2, 0) is 32.0 Å². The third-order valence-corrected chi connectivity index (χ3v) is 8.70. The molecule has 3 fully saturated rings. The van der Waals surface area contributed by atoms with Gasteiger partial charge in [0.05, 0.1) is 37.9 Å². The lowest BCUT2D eigenvalue weighted by molar-refractivity contribution is -0.307. The molecule has 2 aromatic rings. The Morgan fingerprint density at radius 3 is 2.64 bits per heavy atom. The van der Waals surface area contributed by atoms with Crippen molar-refractivity contribution in [3.63, 3.8) is 0 Å². The Kier molecular flexibility index (Phi) is 4.55. The van der Waals surface area contributed by atoms with Gasteiger partial charge in [0.1, 0.15) is 23.7 Å². The predicted molar refractivity (Wildman–Crippen MR) is 122 cm³/mol. The van der Waals surface area contributed by atoms with Crippen LogP contribution in [0.15, 0.2) is 6.07 Å². The van der Waals surface area contributed by atoms with Gasteiger partial charge in [0.2, 0.25) is 11.4 Å². The van der Waals surface area contributed by atoms with Crippen LogP contribution in [0, 0.1) is 6.92 Å². The molecule has 1 aliphatic carbocycles. The standard InChI is InChI=1S/C26H28O10/c1-11-7-13-14(8-27)12-5-4-6-15(29)18(12)20(32-3)19(13)21-17(11)22-23-25(30,34-21)24(10-33-24)26(35-22,36-23)16(9-28)31-2/h7,16,22-23,27-28,30H,4-6,8-10H2,1-3H3. The normalized spacial score (nSPS) is 36.1. The monoisotopic (exact) mass is 500 g/mol. The Balaban J connectivity index is 1.54. The molecule has 2 bridgehead atoms. The lowest BCUT2D eigenvalue weighted by atomic mass is 9.77. The number of epoxide rings is 1. The van der Waals surface area contributed by atoms with Gasteiger partial charge in [-0.1, -0.05) is 6.07 Å². The Hall–Kier alpha value is -2.31. The smallest absolute Gasteiger partial charge is 0.274 e. The van der Waals surface area contributed by atoms with Crippen molar-refractivity contribution < 1.29 is 48.5 Å². The first kappa shape index (κ1) is 22.9. The first-order chi connectivity index (χ1) is 17.3. The van der Waals surface area contributed by atoms with Gasteiger partial charge in [0.15, 0.2) is 11.9 Å². The van der Waals surface area contributed by atoms with Crippen molar-refractivity contribution >= 4 is 16.6 Å². The summed E-state index contributed by atoms with van der Waals surface area (Å²) in [6, 6.07) is 1.93. The molecule has 4 aliphatic heterocycles. The first-order valence-corrected chi connectivity index (χ1v) is 12.2. The quantitative estimate of drug-likeness (QED) is 0.514. The lowest BCUT2D eigenvalue weighted by Gasteiger charge is -2.47. The number of rotatable bonds is 5. The van der Waals surface area contributed by atoms with Crippen LogP contribution >= 0.6 is 0 Å². The second kappa shape index (κ2) is 7.16. The third-order valence-electron chi connectivity index (χ3n) is 8.70. The summed E-state index contributed by atoms with van der Waals surface area (Å²) in [7, 11) is 2.93. The van der Waals surface area contributed by atoms with Gasteiger partial charge in [0, 0.05) is 19.1 Å². The van der Waals surface area contributed by atoms with Gasteiger partial charge in [-0.05, 0) is 41.8 Å². The molecule has 10 heteroatoms. The van der Waals surface area contributed by atoms with Crippen molar-refractivity contribution in [2.24, 2.45) is 0 Å². The molecule has 7 rings (SSSR count). The molecule has 2 aromatic carbocycles. The highest BCUT2D eigenvalue weighted by atomic mass is 16.9. The number of carbonyl (C=O) groups excluding carboxylic acids is 1. The number of ether oxygens (including phenoxy) is 6. The number of hydrogen-bond donors (Lipinski definition) is 3. The highest BCUT2D eigenvalue weighted by Crippen LogP contribution is 2.70. The van der Waals surface area contributed by atoms with Crippen molar-refractivity contribution in [1.82, 2.24) is 0 Å². The molecule has 0 saturated carbocycles. The van der Waals surface area contributed by atoms with Crippen molar-refractivity contribution in [2.45, 2.75) is 68.3 Å². The molecule has 0 radical (unpaired) electrons. The molecule has 0 aromatic heterocycles. The number of Topliss-reactive ketones (excluding diaryl/α,β-unsaturated/α-hetero) is 1. The molecular formula is C26H28O10. The average molecular weight is 501 g/mol. The minimum absolute atomic E-state index is 0.0533. The zero-order chi connectivity index (χ0) is 25.2. The summed E-state index contributed by atoms with van der Waals surface area (Å²) in [5, 5.41) is 33.7. The Bertz CT molecular complexity index is 1330. The number of benzene rings is 2. The van der Waals surface area contributed by atoms with E-state index in [1.165, 1.54) is 14.2 Å². The van der Waals surface area contributed by atoms with Gasteiger partial charge in [-0.25, -0.2) is 0 Å². The fourth-order valence-electron chi connectivity index (χ4n) is 7.04. The Morgan fingerprint density at radius 2 is 2.00 bits per heavy atom. The van der Waals surface area contributed by atoms with E-state index >= 15 is 0 Å². The largest absolute Gasteiger partial charge is 0.495 e. The summed E-state index contributed by atoms with van der Waals surface area (Å²) in [5.41, 5.74) is 1.94. The molecular weight excluding hydrogens is 472 g/mol.